The Morgan fingerprint density at radius 3 is 0.571 bits per heavy atom. The highest BCUT2D eigenvalue weighted by atomic mass is 16.1. The van der Waals surface area contributed by atoms with E-state index in [9.17, 15) is 4.79 Å². The van der Waals surface area contributed by atoms with Crippen LogP contribution in [0, 0.1) is 0 Å². The van der Waals surface area contributed by atoms with Gasteiger partial charge in [0.25, 0.3) is 0 Å². The van der Waals surface area contributed by atoms with Crippen molar-refractivity contribution in [2.75, 3.05) is 5.32 Å². The van der Waals surface area contributed by atoms with Crippen LogP contribution in [0.25, 0.3) is 0 Å². The predicted octanol–water partition coefficient (Wildman–Crippen LogP) is 25.1. The van der Waals surface area contributed by atoms with E-state index in [0.717, 1.165) is 12.1 Å². The zero-order valence-corrected chi connectivity index (χ0v) is 48.2. The van der Waals surface area contributed by atoms with E-state index in [0.29, 0.717) is 6.42 Å². The Balaban J connectivity index is 1.60. The average Bonchev–Trinajstić information content (AvgIpc) is 3.37. The molecule has 0 radical (unpaired) electrons. The molecule has 0 heterocycles. The Bertz CT molecular complexity index is 1080. The summed E-state index contributed by atoms with van der Waals surface area (Å²) in [5.74, 6) is 0.152. The molecule has 0 unspecified atom stereocenters. The van der Waals surface area contributed by atoms with Gasteiger partial charge >= 0.3 is 0 Å². The van der Waals surface area contributed by atoms with Gasteiger partial charge in [0, 0.05) is 12.1 Å². The van der Waals surface area contributed by atoms with Crippen LogP contribution in [0.5, 0.6) is 0 Å². The minimum Gasteiger partial charge on any atom is -0.326 e. The highest BCUT2D eigenvalue weighted by molar-refractivity contribution is 5.90. The van der Waals surface area contributed by atoms with Crippen LogP contribution >= 0.6 is 0 Å². The van der Waals surface area contributed by atoms with E-state index in [2.05, 4.69) is 12.2 Å². The maximum Gasteiger partial charge on any atom is 0.224 e. The van der Waals surface area contributed by atoms with Crippen LogP contribution in [0.15, 0.2) is 30.3 Å². The molecule has 0 spiro atoms. The summed E-state index contributed by atoms with van der Waals surface area (Å²) in [4.78, 5) is 12.0. The van der Waals surface area contributed by atoms with Gasteiger partial charge in [0.2, 0.25) is 5.91 Å². The van der Waals surface area contributed by atoms with E-state index >= 15 is 0 Å². The van der Waals surface area contributed by atoms with Gasteiger partial charge in [-0.25, -0.2) is 0 Å². The molecule has 2 nitrogen and oxygen atoms in total. The molecule has 0 bridgehead atoms. The molecule has 0 saturated heterocycles. The summed E-state index contributed by atoms with van der Waals surface area (Å²) < 4.78 is 0. The van der Waals surface area contributed by atoms with Crippen LogP contribution in [0.1, 0.15) is 392 Å². The van der Waals surface area contributed by atoms with Crippen LogP contribution in [0.3, 0.4) is 0 Å². The van der Waals surface area contributed by atoms with Gasteiger partial charge in [-0.3, -0.25) is 4.79 Å². The van der Waals surface area contributed by atoms with Gasteiger partial charge in [0.05, 0.1) is 0 Å². The number of para-hydroxylation sites is 1. The Morgan fingerprint density at radius 2 is 0.400 bits per heavy atom. The molecule has 1 N–H and O–H groups in total. The van der Waals surface area contributed by atoms with Crippen molar-refractivity contribution in [2.24, 2.45) is 0 Å². The molecule has 0 atom stereocenters. The molecule has 0 aliphatic carbocycles. The second-order valence-electron chi connectivity index (χ2n) is 23.2. The molecular weight excluding hydrogens is 847 g/mol. The number of unbranched alkanes of at least 4 members (excludes halogenated alkanes) is 58. The summed E-state index contributed by atoms with van der Waals surface area (Å²) in [5, 5.41) is 2.99. The zero-order valence-electron chi connectivity index (χ0n) is 48.2. The lowest BCUT2D eigenvalue weighted by Gasteiger charge is -2.05. The minimum absolute atomic E-state index is 0.152. The molecule has 0 aliphatic heterocycles. The fourth-order valence-corrected chi connectivity index (χ4v) is 11.2. The maximum absolute atomic E-state index is 12.0. The van der Waals surface area contributed by atoms with Gasteiger partial charge < -0.3 is 5.32 Å². The topological polar surface area (TPSA) is 29.1 Å². The number of carbonyl (C=O) groups is 1. The third-order valence-electron chi connectivity index (χ3n) is 16.1. The van der Waals surface area contributed by atoms with E-state index < -0.39 is 0 Å². The molecule has 0 saturated carbocycles. The highest BCUT2D eigenvalue weighted by Gasteiger charge is 2.03. The zero-order chi connectivity index (χ0) is 49.8. The first-order valence-electron chi connectivity index (χ1n) is 33.2. The third-order valence-corrected chi connectivity index (χ3v) is 16.1. The van der Waals surface area contributed by atoms with Crippen LogP contribution < -0.4 is 5.32 Å². The smallest absolute Gasteiger partial charge is 0.224 e. The summed E-state index contributed by atoms with van der Waals surface area (Å²) in [7, 11) is 0. The molecule has 0 aromatic heterocycles. The lowest BCUT2D eigenvalue weighted by atomic mass is 10.0. The van der Waals surface area contributed by atoms with E-state index in [4.69, 9.17) is 0 Å². The predicted molar refractivity (Wildman–Crippen MR) is 318 cm³/mol. The Morgan fingerprint density at radius 1 is 0.243 bits per heavy atom. The largest absolute Gasteiger partial charge is 0.326 e. The minimum atomic E-state index is 0.152. The summed E-state index contributed by atoms with van der Waals surface area (Å²) in [5.41, 5.74) is 0.908. The number of benzene rings is 1. The summed E-state index contributed by atoms with van der Waals surface area (Å²) in [6.07, 6.45) is 86.6. The lowest BCUT2D eigenvalue weighted by molar-refractivity contribution is -0.116. The van der Waals surface area contributed by atoms with Crippen molar-refractivity contribution < 1.29 is 4.79 Å². The number of amides is 1. The SMILES string of the molecule is CCCCCCCCCCCCCCCCCCCCCCCCCCCCCCCCCCCCCCCCCCCCCCCCCCCCCCCCCCCCCC(=O)Nc1ccccc1. The molecule has 2 heteroatoms. The van der Waals surface area contributed by atoms with Gasteiger partial charge in [-0.1, -0.05) is 398 Å². The van der Waals surface area contributed by atoms with Crippen LogP contribution in [0.4, 0.5) is 5.69 Å². The quantitative estimate of drug-likeness (QED) is 0.0648. The van der Waals surface area contributed by atoms with E-state index in [1.54, 1.807) is 0 Å². The van der Waals surface area contributed by atoms with E-state index in [1.807, 2.05) is 30.3 Å². The summed E-state index contributed by atoms with van der Waals surface area (Å²) in [6.45, 7) is 2.31. The fraction of sp³-hybridized carbons (Fsp3) is 0.897. The van der Waals surface area contributed by atoms with Gasteiger partial charge in [0.15, 0.2) is 0 Å². The fourth-order valence-electron chi connectivity index (χ4n) is 11.2. The van der Waals surface area contributed by atoms with Gasteiger partial charge in [-0.05, 0) is 18.6 Å². The molecule has 1 amide bonds. The number of hydrogen-bond donors (Lipinski definition) is 1. The van der Waals surface area contributed by atoms with Crippen LogP contribution in [-0.4, -0.2) is 5.91 Å². The van der Waals surface area contributed by atoms with Crippen molar-refractivity contribution in [3.05, 3.63) is 30.3 Å². The molecule has 0 aliphatic rings. The number of nitrogens with one attached hydrogen (secondary N) is 1. The highest BCUT2D eigenvalue weighted by Crippen LogP contribution is 2.20. The maximum atomic E-state index is 12.0. The van der Waals surface area contributed by atoms with Gasteiger partial charge in [-0.2, -0.15) is 0 Å². The molecule has 1 aromatic rings. The number of carbonyl (C=O) groups excluding carboxylic acids is 1. The third kappa shape index (κ3) is 56.0. The van der Waals surface area contributed by atoms with Crippen molar-refractivity contribution in [2.45, 2.75) is 392 Å². The lowest BCUT2D eigenvalue weighted by Crippen LogP contribution is -2.10. The molecular formula is C68H129NO. The van der Waals surface area contributed by atoms with E-state index in [1.165, 1.54) is 372 Å². The first kappa shape index (κ1) is 66.7. The molecule has 70 heavy (non-hydrogen) atoms. The second-order valence-corrected chi connectivity index (χ2v) is 23.2. The van der Waals surface area contributed by atoms with Crippen molar-refractivity contribution in [3.8, 4) is 0 Å². The van der Waals surface area contributed by atoms with Crippen LogP contribution in [0.2, 0.25) is 0 Å². The monoisotopic (exact) mass is 976 g/mol. The van der Waals surface area contributed by atoms with Gasteiger partial charge in [-0.15, -0.1) is 0 Å². The Hall–Kier alpha value is -1.31. The Kier molecular flexibility index (Phi) is 57.4. The number of anilines is 1. The van der Waals surface area contributed by atoms with Gasteiger partial charge in [0.1, 0.15) is 0 Å². The molecule has 1 aromatic carbocycles. The van der Waals surface area contributed by atoms with E-state index in [-0.39, 0.29) is 5.91 Å². The normalized spacial score (nSPS) is 11.6. The molecule has 0 fully saturated rings. The summed E-state index contributed by atoms with van der Waals surface area (Å²) in [6, 6.07) is 9.81. The average molecular weight is 977 g/mol. The van der Waals surface area contributed by atoms with Crippen molar-refractivity contribution in [1.82, 2.24) is 0 Å². The molecule has 1 rings (SSSR count). The molecule has 412 valence electrons. The number of hydrogen-bond acceptors (Lipinski definition) is 1. The number of rotatable bonds is 61. The first-order valence-corrected chi connectivity index (χ1v) is 33.2. The Labute approximate surface area is 442 Å². The van der Waals surface area contributed by atoms with Crippen molar-refractivity contribution >= 4 is 11.6 Å². The van der Waals surface area contributed by atoms with Crippen molar-refractivity contribution in [1.29, 1.82) is 0 Å². The van der Waals surface area contributed by atoms with Crippen LogP contribution in [-0.2, 0) is 4.79 Å². The van der Waals surface area contributed by atoms with Crippen molar-refractivity contribution in [3.63, 3.8) is 0 Å². The summed E-state index contributed by atoms with van der Waals surface area (Å²) >= 11 is 0. The standard InChI is InChI=1S/C68H129NO/c1-2-3-4-5-6-7-8-9-10-11-12-13-14-15-16-17-18-19-20-21-22-23-24-25-26-27-28-29-30-31-32-33-34-35-36-37-38-39-40-41-42-43-44-45-46-47-48-49-50-51-52-53-54-55-56-57-58-59-63-66-68(70)69-67-64-61-60-62-65-67/h60-62,64-65H,2-59,63,66H2,1H3,(H,69,70). The first-order chi connectivity index (χ1) is 34.8. The second kappa shape index (κ2) is 60.2.